The molecule has 2 aliphatic rings. The van der Waals surface area contributed by atoms with Gasteiger partial charge in [0, 0.05) is 42.7 Å². The van der Waals surface area contributed by atoms with Crippen LogP contribution in [0.25, 0.3) is 22.4 Å². The summed E-state index contributed by atoms with van der Waals surface area (Å²) in [6, 6.07) is 4.22. The second-order valence-electron chi connectivity index (χ2n) is 9.08. The number of pyridine rings is 1. The number of nitrogens with one attached hydrogen (secondary N) is 1. The first-order chi connectivity index (χ1) is 15.9. The number of piperidine rings is 1. The number of aromatic nitrogens is 3. The molecule has 1 aromatic carbocycles. The van der Waals surface area contributed by atoms with Crippen molar-refractivity contribution in [3.8, 4) is 17.2 Å². The molecule has 3 aromatic rings. The van der Waals surface area contributed by atoms with Gasteiger partial charge in [0.05, 0.1) is 19.3 Å². The van der Waals surface area contributed by atoms with Gasteiger partial charge in [-0.15, -0.1) is 0 Å². The Morgan fingerprint density at radius 1 is 1.18 bits per heavy atom. The van der Waals surface area contributed by atoms with Gasteiger partial charge in [-0.05, 0) is 51.7 Å². The lowest BCUT2D eigenvalue weighted by Gasteiger charge is -2.40. The summed E-state index contributed by atoms with van der Waals surface area (Å²) in [5.41, 5.74) is 1.91. The molecule has 5 rings (SSSR count). The number of fused-ring (bicyclic) bond motifs is 1. The molecule has 2 aliphatic heterocycles. The summed E-state index contributed by atoms with van der Waals surface area (Å²) < 4.78 is 31.4. The number of aryl methyl sites for hydroxylation is 2. The maximum Gasteiger partial charge on any atom is 0.261 e. The van der Waals surface area contributed by atoms with Gasteiger partial charge >= 0.3 is 0 Å². The fourth-order valence-corrected chi connectivity index (χ4v) is 5.06. The monoisotopic (exact) mass is 455 g/mol. The smallest absolute Gasteiger partial charge is 0.261 e. The van der Waals surface area contributed by atoms with Crippen LogP contribution in [0.2, 0.25) is 0 Å². The number of nitrogens with zero attached hydrogens (tertiary/aromatic N) is 4. The molecule has 3 atom stereocenters. The highest BCUT2D eigenvalue weighted by Gasteiger charge is 2.32. The van der Waals surface area contributed by atoms with Gasteiger partial charge in [-0.1, -0.05) is 5.16 Å². The lowest BCUT2D eigenvalue weighted by atomic mass is 9.95. The van der Waals surface area contributed by atoms with Gasteiger partial charge < -0.3 is 24.2 Å². The minimum atomic E-state index is -0.410. The Balaban J connectivity index is 1.56. The molecule has 0 saturated carbocycles. The number of rotatable bonds is 5. The summed E-state index contributed by atoms with van der Waals surface area (Å²) in [5, 5.41) is 8.41. The van der Waals surface area contributed by atoms with Crippen LogP contribution in [0, 0.1) is 19.7 Å². The third-order valence-corrected chi connectivity index (χ3v) is 6.78. The quantitative estimate of drug-likeness (QED) is 0.622. The van der Waals surface area contributed by atoms with Crippen molar-refractivity contribution in [3.05, 3.63) is 29.3 Å². The first-order valence-corrected chi connectivity index (χ1v) is 11.5. The van der Waals surface area contributed by atoms with Gasteiger partial charge in [0.1, 0.15) is 17.1 Å². The fourth-order valence-electron chi connectivity index (χ4n) is 5.06. The van der Waals surface area contributed by atoms with Crippen LogP contribution in [0.3, 0.4) is 0 Å². The van der Waals surface area contributed by atoms with E-state index >= 15 is 4.39 Å². The molecule has 176 valence electrons. The summed E-state index contributed by atoms with van der Waals surface area (Å²) >= 11 is 0. The standard InChI is InChI=1S/C24H30FN5O3/c1-13-9-16(27-17-6-8-32-12-17)5-7-30(13)23-21(24-26-15(3)29-33-24)14(2)19-10-18(31-4)11-20(25)22(19)28-23/h10-11,13,16-17,27H,5-9,12H2,1-4H3/t13-,16+,17?/m0/s1. The van der Waals surface area contributed by atoms with Crippen molar-refractivity contribution in [3.63, 3.8) is 0 Å². The van der Waals surface area contributed by atoms with Crippen molar-refractivity contribution in [1.82, 2.24) is 20.4 Å². The summed E-state index contributed by atoms with van der Waals surface area (Å²) in [4.78, 5) is 11.6. The maximum absolute atomic E-state index is 15.1. The zero-order valence-electron chi connectivity index (χ0n) is 19.5. The molecule has 2 aromatic heterocycles. The average molecular weight is 456 g/mol. The molecule has 4 heterocycles. The van der Waals surface area contributed by atoms with Crippen LogP contribution >= 0.6 is 0 Å². The molecule has 1 N–H and O–H groups in total. The molecule has 0 amide bonds. The van der Waals surface area contributed by atoms with Crippen molar-refractivity contribution in [2.75, 3.05) is 31.8 Å². The SMILES string of the molecule is COc1cc(F)c2nc(N3CC[C@@H](NC4CCOC4)C[C@@H]3C)c(-c3nc(C)no3)c(C)c2c1. The van der Waals surface area contributed by atoms with Crippen LogP contribution in [-0.4, -0.2) is 60.1 Å². The van der Waals surface area contributed by atoms with Crippen molar-refractivity contribution in [2.45, 2.75) is 58.2 Å². The minimum absolute atomic E-state index is 0.201. The summed E-state index contributed by atoms with van der Waals surface area (Å²) in [6.07, 6.45) is 2.99. The Morgan fingerprint density at radius 3 is 2.70 bits per heavy atom. The summed E-state index contributed by atoms with van der Waals surface area (Å²) in [6.45, 7) is 8.32. The number of anilines is 1. The van der Waals surface area contributed by atoms with Crippen LogP contribution in [0.1, 0.15) is 37.6 Å². The molecule has 0 aliphatic carbocycles. The Hall–Kier alpha value is -2.78. The second kappa shape index (κ2) is 8.87. The van der Waals surface area contributed by atoms with Crippen molar-refractivity contribution in [2.24, 2.45) is 0 Å². The number of ether oxygens (including phenoxy) is 2. The molecule has 0 spiro atoms. The highest BCUT2D eigenvalue weighted by atomic mass is 19.1. The van der Waals surface area contributed by atoms with E-state index in [0.29, 0.717) is 46.3 Å². The molecular weight excluding hydrogens is 425 g/mol. The predicted molar refractivity (Wildman–Crippen MR) is 123 cm³/mol. The van der Waals surface area contributed by atoms with Crippen molar-refractivity contribution >= 4 is 16.7 Å². The number of methoxy groups -OCH3 is 1. The van der Waals surface area contributed by atoms with Crippen LogP contribution < -0.4 is 15.0 Å². The average Bonchev–Trinajstić information content (AvgIpc) is 3.46. The Morgan fingerprint density at radius 2 is 2.03 bits per heavy atom. The van der Waals surface area contributed by atoms with E-state index in [1.54, 1.807) is 13.0 Å². The van der Waals surface area contributed by atoms with E-state index in [1.807, 2.05) is 6.92 Å². The van der Waals surface area contributed by atoms with Crippen LogP contribution in [-0.2, 0) is 4.74 Å². The van der Waals surface area contributed by atoms with Crippen molar-refractivity contribution < 1.29 is 18.4 Å². The molecule has 0 bridgehead atoms. The summed E-state index contributed by atoms with van der Waals surface area (Å²) in [7, 11) is 1.53. The molecular formula is C24H30FN5O3. The zero-order valence-corrected chi connectivity index (χ0v) is 19.5. The lowest BCUT2D eigenvalue weighted by molar-refractivity contribution is 0.185. The molecule has 2 fully saturated rings. The van der Waals surface area contributed by atoms with E-state index in [4.69, 9.17) is 19.0 Å². The largest absolute Gasteiger partial charge is 0.497 e. The molecule has 8 nitrogen and oxygen atoms in total. The molecule has 1 unspecified atom stereocenters. The number of halogens is 1. The number of hydrogen-bond acceptors (Lipinski definition) is 8. The van der Waals surface area contributed by atoms with Gasteiger partial charge in [-0.3, -0.25) is 0 Å². The fraction of sp³-hybridized carbons (Fsp3) is 0.542. The highest BCUT2D eigenvalue weighted by Crippen LogP contribution is 2.40. The zero-order chi connectivity index (χ0) is 23.1. The number of benzene rings is 1. The Bertz CT molecular complexity index is 1160. The van der Waals surface area contributed by atoms with E-state index in [-0.39, 0.29) is 6.04 Å². The van der Waals surface area contributed by atoms with E-state index in [0.717, 1.165) is 50.1 Å². The van der Waals surface area contributed by atoms with Gasteiger partial charge in [0.15, 0.2) is 11.6 Å². The highest BCUT2D eigenvalue weighted by molar-refractivity contribution is 5.93. The Labute approximate surface area is 192 Å². The van der Waals surface area contributed by atoms with Crippen LogP contribution in [0.4, 0.5) is 10.2 Å². The van der Waals surface area contributed by atoms with E-state index < -0.39 is 5.82 Å². The molecule has 33 heavy (non-hydrogen) atoms. The van der Waals surface area contributed by atoms with E-state index in [2.05, 4.69) is 27.3 Å². The first-order valence-electron chi connectivity index (χ1n) is 11.5. The third kappa shape index (κ3) is 4.15. The minimum Gasteiger partial charge on any atom is -0.497 e. The third-order valence-electron chi connectivity index (χ3n) is 6.78. The summed E-state index contributed by atoms with van der Waals surface area (Å²) in [5.74, 6) is 1.66. The Kier molecular flexibility index (Phi) is 5.92. The van der Waals surface area contributed by atoms with Crippen LogP contribution in [0.5, 0.6) is 5.75 Å². The number of hydrogen-bond donors (Lipinski definition) is 1. The molecule has 0 radical (unpaired) electrons. The maximum atomic E-state index is 15.1. The van der Waals surface area contributed by atoms with Crippen LogP contribution in [0.15, 0.2) is 16.7 Å². The van der Waals surface area contributed by atoms with E-state index in [9.17, 15) is 0 Å². The lowest BCUT2D eigenvalue weighted by Crippen LogP contribution is -2.50. The van der Waals surface area contributed by atoms with E-state index in [1.165, 1.54) is 13.2 Å². The normalized spacial score (nSPS) is 23.4. The second-order valence-corrected chi connectivity index (χ2v) is 9.08. The van der Waals surface area contributed by atoms with Crippen molar-refractivity contribution in [1.29, 1.82) is 0 Å². The predicted octanol–water partition coefficient (Wildman–Crippen LogP) is 3.79. The van der Waals surface area contributed by atoms with Gasteiger partial charge in [-0.2, -0.15) is 4.98 Å². The van der Waals surface area contributed by atoms with Gasteiger partial charge in [0.25, 0.3) is 5.89 Å². The van der Waals surface area contributed by atoms with Gasteiger partial charge in [0.2, 0.25) is 0 Å². The topological polar surface area (TPSA) is 85.5 Å². The first kappa shape index (κ1) is 22.0. The molecule has 2 saturated heterocycles. The molecule has 9 heteroatoms. The van der Waals surface area contributed by atoms with Gasteiger partial charge in [-0.25, -0.2) is 9.37 Å².